The van der Waals surface area contributed by atoms with Gasteiger partial charge in [-0.1, -0.05) is 18.2 Å². The lowest BCUT2D eigenvalue weighted by atomic mass is 10.1. The third-order valence-electron chi connectivity index (χ3n) is 3.90. The Bertz CT molecular complexity index is 743. The third kappa shape index (κ3) is 2.53. The first-order valence-electron chi connectivity index (χ1n) is 7.45. The van der Waals surface area contributed by atoms with Gasteiger partial charge in [0.25, 0.3) is 0 Å². The summed E-state index contributed by atoms with van der Waals surface area (Å²) in [5.74, 6) is 1.46. The van der Waals surface area contributed by atoms with E-state index in [1.54, 1.807) is 4.80 Å². The van der Waals surface area contributed by atoms with Crippen molar-refractivity contribution in [2.75, 3.05) is 13.2 Å². The molecule has 0 amide bonds. The smallest absolute Gasteiger partial charge is 0.114 e. The van der Waals surface area contributed by atoms with Crippen molar-refractivity contribution in [3.05, 3.63) is 60.4 Å². The van der Waals surface area contributed by atoms with E-state index in [2.05, 4.69) is 19.7 Å². The number of nitrogens with zero attached hydrogens (tertiary/aromatic N) is 5. The summed E-state index contributed by atoms with van der Waals surface area (Å²) >= 11 is 0. The fraction of sp³-hybridized carbons (Fsp3) is 0.312. The van der Waals surface area contributed by atoms with Crippen LogP contribution in [0.25, 0.3) is 5.69 Å². The molecule has 3 aromatic rings. The number of hydrogen-bond acceptors (Lipinski definition) is 4. The molecule has 0 unspecified atom stereocenters. The molecule has 4 rings (SSSR count). The van der Waals surface area contributed by atoms with Gasteiger partial charge in [0.2, 0.25) is 0 Å². The van der Waals surface area contributed by atoms with Crippen LogP contribution in [-0.4, -0.2) is 37.8 Å². The molecule has 0 bridgehead atoms. The van der Waals surface area contributed by atoms with Crippen molar-refractivity contribution in [3.63, 3.8) is 0 Å². The Labute approximate surface area is 128 Å². The summed E-state index contributed by atoms with van der Waals surface area (Å²) in [6.45, 7) is 2.26. The van der Waals surface area contributed by atoms with E-state index < -0.39 is 0 Å². The second-order valence-corrected chi connectivity index (χ2v) is 5.43. The van der Waals surface area contributed by atoms with Crippen LogP contribution in [0.15, 0.2) is 48.9 Å². The molecule has 0 radical (unpaired) electrons. The van der Waals surface area contributed by atoms with E-state index in [4.69, 9.17) is 4.74 Å². The molecule has 1 atom stereocenters. The van der Waals surface area contributed by atoms with Gasteiger partial charge in [-0.2, -0.15) is 15.0 Å². The summed E-state index contributed by atoms with van der Waals surface area (Å²) in [4.78, 5) is 6.14. The maximum atomic E-state index is 5.46. The van der Waals surface area contributed by atoms with Gasteiger partial charge in [0, 0.05) is 24.9 Å². The van der Waals surface area contributed by atoms with Crippen molar-refractivity contribution in [3.8, 4) is 5.69 Å². The van der Waals surface area contributed by atoms with Crippen molar-refractivity contribution < 1.29 is 4.74 Å². The summed E-state index contributed by atoms with van der Waals surface area (Å²) in [6, 6.07) is 9.92. The van der Waals surface area contributed by atoms with Gasteiger partial charge >= 0.3 is 0 Å². The van der Waals surface area contributed by atoms with Crippen LogP contribution in [0.5, 0.6) is 0 Å². The van der Waals surface area contributed by atoms with Crippen LogP contribution in [0.4, 0.5) is 0 Å². The molecular weight excluding hydrogens is 278 g/mol. The largest absolute Gasteiger partial charge is 0.381 e. The van der Waals surface area contributed by atoms with Crippen LogP contribution in [0, 0.1) is 0 Å². The maximum Gasteiger partial charge on any atom is 0.114 e. The number of aromatic nitrogens is 5. The predicted octanol–water partition coefficient (Wildman–Crippen LogP) is 2.02. The number of imidazole rings is 1. The molecule has 1 saturated heterocycles. The van der Waals surface area contributed by atoms with E-state index in [1.807, 2.05) is 48.9 Å². The molecule has 0 spiro atoms. The topological polar surface area (TPSA) is 57.8 Å². The molecule has 1 aromatic carbocycles. The molecule has 1 fully saturated rings. The van der Waals surface area contributed by atoms with E-state index in [1.165, 1.54) is 0 Å². The summed E-state index contributed by atoms with van der Waals surface area (Å²) in [7, 11) is 0. The van der Waals surface area contributed by atoms with E-state index in [9.17, 15) is 0 Å². The average molecular weight is 295 g/mol. The average Bonchev–Trinajstić information content (AvgIpc) is 3.30. The number of ether oxygens (including phenoxy) is 1. The van der Waals surface area contributed by atoms with Crippen LogP contribution in [0.1, 0.15) is 23.9 Å². The van der Waals surface area contributed by atoms with Gasteiger partial charge in [0.05, 0.1) is 25.0 Å². The van der Waals surface area contributed by atoms with Crippen molar-refractivity contribution in [1.82, 2.24) is 24.5 Å². The molecular formula is C16H17N5O. The monoisotopic (exact) mass is 295 g/mol. The van der Waals surface area contributed by atoms with Gasteiger partial charge in [-0.15, -0.1) is 0 Å². The van der Waals surface area contributed by atoms with Crippen molar-refractivity contribution in [2.45, 2.75) is 18.9 Å². The molecule has 1 aliphatic heterocycles. The quantitative estimate of drug-likeness (QED) is 0.739. The van der Waals surface area contributed by atoms with E-state index >= 15 is 0 Å². The lowest BCUT2D eigenvalue weighted by Crippen LogP contribution is -2.10. The normalized spacial score (nSPS) is 17.9. The van der Waals surface area contributed by atoms with Crippen LogP contribution >= 0.6 is 0 Å². The highest BCUT2D eigenvalue weighted by Gasteiger charge is 2.22. The maximum absolute atomic E-state index is 5.46. The SMILES string of the molecule is c1ccc(-n2ncc(Cn3ccnc3[C@H]3CCOC3)n2)cc1. The minimum atomic E-state index is 0.388. The summed E-state index contributed by atoms with van der Waals surface area (Å²) in [5.41, 5.74) is 1.88. The van der Waals surface area contributed by atoms with E-state index in [0.717, 1.165) is 36.8 Å². The lowest BCUT2D eigenvalue weighted by Gasteiger charge is -2.10. The summed E-state index contributed by atoms with van der Waals surface area (Å²) < 4.78 is 7.60. The molecule has 22 heavy (non-hydrogen) atoms. The minimum absolute atomic E-state index is 0.388. The Balaban J connectivity index is 1.55. The van der Waals surface area contributed by atoms with Crippen LogP contribution < -0.4 is 0 Å². The number of hydrogen-bond donors (Lipinski definition) is 0. The fourth-order valence-corrected chi connectivity index (χ4v) is 2.78. The van der Waals surface area contributed by atoms with Gasteiger partial charge in [-0.25, -0.2) is 4.98 Å². The van der Waals surface area contributed by atoms with E-state index in [-0.39, 0.29) is 0 Å². The zero-order valence-corrected chi connectivity index (χ0v) is 12.2. The molecule has 2 aromatic heterocycles. The second kappa shape index (κ2) is 5.73. The highest BCUT2D eigenvalue weighted by molar-refractivity contribution is 5.28. The highest BCUT2D eigenvalue weighted by Crippen LogP contribution is 2.24. The van der Waals surface area contributed by atoms with Crippen LogP contribution in [0.3, 0.4) is 0 Å². The summed E-state index contributed by atoms with van der Waals surface area (Å²) in [6.07, 6.45) is 6.68. The Hall–Kier alpha value is -2.47. The summed E-state index contributed by atoms with van der Waals surface area (Å²) in [5, 5.41) is 8.89. The Kier molecular flexibility index (Phi) is 3.44. The Morgan fingerprint density at radius 3 is 2.95 bits per heavy atom. The third-order valence-corrected chi connectivity index (χ3v) is 3.90. The number of benzene rings is 1. The Morgan fingerprint density at radius 2 is 2.14 bits per heavy atom. The molecule has 0 N–H and O–H groups in total. The standard InChI is InChI=1S/C16H17N5O/c1-2-4-15(5-3-1)21-18-10-14(19-21)11-20-8-7-17-16(20)13-6-9-22-12-13/h1-5,7-8,10,13H,6,9,11-12H2/t13-/m0/s1. The number of rotatable bonds is 4. The zero-order valence-electron chi connectivity index (χ0n) is 12.2. The van der Waals surface area contributed by atoms with Gasteiger partial charge in [0.1, 0.15) is 11.5 Å². The molecule has 0 saturated carbocycles. The van der Waals surface area contributed by atoms with Crippen molar-refractivity contribution in [2.24, 2.45) is 0 Å². The molecule has 3 heterocycles. The van der Waals surface area contributed by atoms with Crippen LogP contribution in [0.2, 0.25) is 0 Å². The first-order valence-corrected chi connectivity index (χ1v) is 7.45. The van der Waals surface area contributed by atoms with Gasteiger partial charge in [-0.3, -0.25) is 0 Å². The molecule has 112 valence electrons. The Morgan fingerprint density at radius 1 is 1.23 bits per heavy atom. The zero-order chi connectivity index (χ0) is 14.8. The van der Waals surface area contributed by atoms with Gasteiger partial charge in [0.15, 0.2) is 0 Å². The molecule has 1 aliphatic rings. The first kappa shape index (κ1) is 13.2. The lowest BCUT2D eigenvalue weighted by molar-refractivity contribution is 0.192. The van der Waals surface area contributed by atoms with Gasteiger partial charge < -0.3 is 9.30 Å². The van der Waals surface area contributed by atoms with Gasteiger partial charge in [-0.05, 0) is 18.6 Å². The number of para-hydroxylation sites is 1. The fourth-order valence-electron chi connectivity index (χ4n) is 2.78. The van der Waals surface area contributed by atoms with Crippen LogP contribution in [-0.2, 0) is 11.3 Å². The highest BCUT2D eigenvalue weighted by atomic mass is 16.5. The minimum Gasteiger partial charge on any atom is -0.381 e. The second-order valence-electron chi connectivity index (χ2n) is 5.43. The first-order chi connectivity index (χ1) is 10.9. The van der Waals surface area contributed by atoms with E-state index in [0.29, 0.717) is 12.5 Å². The molecule has 0 aliphatic carbocycles. The van der Waals surface area contributed by atoms with Crippen molar-refractivity contribution >= 4 is 0 Å². The van der Waals surface area contributed by atoms with Crippen molar-refractivity contribution in [1.29, 1.82) is 0 Å². The molecule has 6 nitrogen and oxygen atoms in total. The molecule has 6 heteroatoms. The predicted molar refractivity (Wildman–Crippen MR) is 80.9 cm³/mol.